The van der Waals surface area contributed by atoms with E-state index in [9.17, 15) is 0 Å². The lowest BCUT2D eigenvalue weighted by atomic mass is 9.47. The summed E-state index contributed by atoms with van der Waals surface area (Å²) in [5, 5.41) is 5.95. The van der Waals surface area contributed by atoms with Crippen LogP contribution in [0, 0.1) is 21.7 Å². The Kier molecular flexibility index (Phi) is 24.1. The highest BCUT2D eigenvalue weighted by Crippen LogP contribution is 2.67. The molecule has 8 atom stereocenters. The molecule has 4 aliphatic carbocycles. The van der Waals surface area contributed by atoms with Gasteiger partial charge in [-0.15, -0.1) is 0 Å². The second-order valence-electron chi connectivity index (χ2n) is 37.0. The number of aryl methyl sites for hydroxylation is 4. The van der Waals surface area contributed by atoms with Crippen LogP contribution in [0.25, 0.3) is 44.5 Å². The lowest BCUT2D eigenvalue weighted by molar-refractivity contribution is 0.290. The van der Waals surface area contributed by atoms with E-state index >= 15 is 0 Å². The van der Waals surface area contributed by atoms with E-state index in [4.69, 9.17) is 0 Å². The number of allylic oxidation sites excluding steroid dienone is 12. The van der Waals surface area contributed by atoms with Gasteiger partial charge in [0, 0.05) is 49.2 Å². The van der Waals surface area contributed by atoms with Gasteiger partial charge in [-0.1, -0.05) is 306 Å². The molecule has 0 aromatic heterocycles. The summed E-state index contributed by atoms with van der Waals surface area (Å²) in [6.07, 6.45) is 50.0. The third kappa shape index (κ3) is 15.4. The minimum absolute atomic E-state index is 0.162. The van der Waals surface area contributed by atoms with Crippen molar-refractivity contribution in [2.75, 3.05) is 5.90 Å². The van der Waals surface area contributed by atoms with Crippen LogP contribution in [0.15, 0.2) is 241 Å². The molecule has 8 aromatic rings. The number of rotatable bonds is 28. The fourth-order valence-corrected chi connectivity index (χ4v) is 28.0. The van der Waals surface area contributed by atoms with Crippen LogP contribution < -0.4 is 21.2 Å². The van der Waals surface area contributed by atoms with Crippen LogP contribution >= 0.6 is 15.8 Å². The van der Waals surface area contributed by atoms with Gasteiger partial charge in [0.05, 0.1) is 0 Å². The number of benzene rings is 8. The first-order chi connectivity index (χ1) is 53.5. The molecule has 2 aliphatic heterocycles. The van der Waals surface area contributed by atoms with Gasteiger partial charge in [-0.2, -0.15) is 0 Å². The van der Waals surface area contributed by atoms with Gasteiger partial charge in [-0.25, -0.2) is 0 Å². The molecule has 0 nitrogen and oxygen atoms in total. The molecular formula is C109H134P2. The van der Waals surface area contributed by atoms with Crippen molar-refractivity contribution in [1.82, 2.24) is 0 Å². The minimum Gasteiger partial charge on any atom is -0.0773 e. The molecule has 2 heteroatoms. The van der Waals surface area contributed by atoms with Crippen LogP contribution in [0.4, 0.5) is 0 Å². The summed E-state index contributed by atoms with van der Waals surface area (Å²) in [6.45, 7) is 40.3. The highest BCUT2D eigenvalue weighted by molar-refractivity contribution is 7.88. The summed E-state index contributed by atoms with van der Waals surface area (Å²) in [5.41, 5.74) is 26.0. The minimum atomic E-state index is -1.17. The first-order valence-electron chi connectivity index (χ1n) is 44.4. The fourth-order valence-electron chi connectivity index (χ4n) is 21.3. The van der Waals surface area contributed by atoms with Crippen molar-refractivity contribution >= 4 is 37.1 Å². The average molecular weight is 1510 g/mol. The molecule has 0 saturated carbocycles. The first kappa shape index (κ1) is 80.7. The van der Waals surface area contributed by atoms with E-state index < -0.39 is 37.5 Å². The highest BCUT2D eigenvalue weighted by atomic mass is 31.2. The van der Waals surface area contributed by atoms with Crippen molar-refractivity contribution < 1.29 is 0 Å². The normalized spacial score (nSPS) is 26.7. The van der Waals surface area contributed by atoms with Crippen molar-refractivity contribution in [3.05, 3.63) is 285 Å². The van der Waals surface area contributed by atoms with E-state index in [2.05, 4.69) is 329 Å². The van der Waals surface area contributed by atoms with Gasteiger partial charge < -0.3 is 0 Å². The van der Waals surface area contributed by atoms with Crippen LogP contribution in [0.1, 0.15) is 284 Å². The lowest BCUT2D eigenvalue weighted by Gasteiger charge is -2.56. The summed E-state index contributed by atoms with van der Waals surface area (Å²) in [5.74, 6) is 0.981. The van der Waals surface area contributed by atoms with Gasteiger partial charge in [0.1, 0.15) is 0 Å². The SMILES string of the molecule is CCCCc1ccc(-c2cc3cc(c2)C2(C)C=CC(C)(CCCC)C4=C2C(C)(C=CC4(C)CCCC)c2cc(-c4ccc(CCCC)cc4)cc(c2)P2CP3c3cc(-c4ccc(CCCC)cc4)cc(c3)C3(C)C=CC(C)(CCCC)C4=C3C(C)(C=CC4(C)CCCC)c3cc(-c4ccc(CCCC)cc4)cc2c3)cc1. The fraction of sp³-hybridized carbons (Fsp3) is 0.450. The molecule has 2 heterocycles. The lowest BCUT2D eigenvalue weighted by Crippen LogP contribution is -2.48. The van der Waals surface area contributed by atoms with E-state index in [-0.39, 0.29) is 21.7 Å². The molecule has 111 heavy (non-hydrogen) atoms. The molecule has 8 aromatic carbocycles. The third-order valence-corrected chi connectivity index (χ3v) is 34.0. The summed E-state index contributed by atoms with van der Waals surface area (Å²) >= 11 is 0. The van der Waals surface area contributed by atoms with E-state index in [1.54, 1.807) is 22.3 Å². The van der Waals surface area contributed by atoms with Crippen molar-refractivity contribution in [1.29, 1.82) is 0 Å². The van der Waals surface area contributed by atoms with Gasteiger partial charge in [0.15, 0.2) is 0 Å². The standard InChI is InChI=1S/C109H134P2/c1-17-25-33-78-37-45-82(46-38-78)86-65-90-73-94(69-86)110-77-111(96-71-88(84-49-41-80(42-50-84)35-27-19-3)67-92(75-96)107(14)62-58-103(10,54-30-22-6)98-100(107)106(90,13)61-57-102(98,9)53-29-21-5)97-72-89(85-51-43-81(44-52-85)36-28-20-4)68-93(76-97)109(16)64-60-105(12,56-32-24-8)99-101(109)108(15,63-59-104(99,11)55-31-23-7)91-66-87(70-95(110)74-91)83-47-39-79(40-48-83)34-26-18-2/h37-52,57-76H,17-36,53-56,77H2,1-16H3. The molecule has 0 saturated heterocycles. The zero-order valence-electron chi connectivity index (χ0n) is 71.4. The van der Waals surface area contributed by atoms with Crippen LogP contribution in [0.2, 0.25) is 0 Å². The largest absolute Gasteiger partial charge is 0.0773 e. The van der Waals surface area contributed by atoms with Gasteiger partial charge in [0.25, 0.3) is 0 Å². The molecular weight excluding hydrogens is 1370 g/mol. The monoisotopic (exact) mass is 1500 g/mol. The van der Waals surface area contributed by atoms with Crippen LogP contribution in [0.5, 0.6) is 0 Å². The Morgan fingerprint density at radius 3 is 0.631 bits per heavy atom. The van der Waals surface area contributed by atoms with E-state index in [1.807, 2.05) is 0 Å². The highest BCUT2D eigenvalue weighted by Gasteiger charge is 2.57. The molecule has 0 spiro atoms. The maximum absolute atomic E-state index is 2.83. The predicted octanol–water partition coefficient (Wildman–Crippen LogP) is 30.0. The quantitative estimate of drug-likeness (QED) is 0.0339. The van der Waals surface area contributed by atoms with Gasteiger partial charge in [-0.05, 0) is 326 Å². The molecule has 0 radical (unpaired) electrons. The topological polar surface area (TPSA) is 0 Å². The summed E-state index contributed by atoms with van der Waals surface area (Å²) in [7, 11) is -2.35. The zero-order chi connectivity index (χ0) is 78.1. The van der Waals surface area contributed by atoms with Crippen LogP contribution in [0.3, 0.4) is 0 Å². The van der Waals surface area contributed by atoms with E-state index in [0.717, 1.165) is 57.3 Å². The van der Waals surface area contributed by atoms with Crippen molar-refractivity contribution in [3.63, 3.8) is 0 Å². The Labute approximate surface area is 676 Å². The van der Waals surface area contributed by atoms with Gasteiger partial charge in [0.2, 0.25) is 0 Å². The Balaban J connectivity index is 1.18. The molecule has 0 fully saturated rings. The zero-order valence-corrected chi connectivity index (χ0v) is 73.1. The molecule has 14 rings (SSSR count). The Morgan fingerprint density at radius 2 is 0.432 bits per heavy atom. The van der Waals surface area contributed by atoms with Crippen molar-refractivity contribution in [2.24, 2.45) is 21.7 Å². The van der Waals surface area contributed by atoms with Crippen LogP contribution in [-0.2, 0) is 47.3 Å². The second-order valence-corrected chi connectivity index (χ2v) is 41.9. The molecule has 10 bridgehead atoms. The van der Waals surface area contributed by atoms with Crippen molar-refractivity contribution in [3.8, 4) is 44.5 Å². The second kappa shape index (κ2) is 33.1. The third-order valence-electron chi connectivity index (χ3n) is 28.2. The van der Waals surface area contributed by atoms with Crippen LogP contribution in [-0.4, -0.2) is 5.90 Å². The van der Waals surface area contributed by atoms with E-state index in [0.29, 0.717) is 0 Å². The summed E-state index contributed by atoms with van der Waals surface area (Å²) < 4.78 is 0. The summed E-state index contributed by atoms with van der Waals surface area (Å²) in [4.78, 5) is 0. The Bertz CT molecular complexity index is 4250. The number of hydrogen-bond acceptors (Lipinski definition) is 0. The Hall–Kier alpha value is -6.94. The molecule has 8 unspecified atom stereocenters. The molecule has 0 amide bonds. The molecule has 0 N–H and O–H groups in total. The smallest absolute Gasteiger partial charge is 0.0329 e. The van der Waals surface area contributed by atoms with E-state index in [1.165, 1.54) is 213 Å². The van der Waals surface area contributed by atoms with Gasteiger partial charge >= 0.3 is 0 Å². The molecule has 580 valence electrons. The predicted molar refractivity (Wildman–Crippen MR) is 490 cm³/mol. The average Bonchev–Trinajstić information content (AvgIpc) is 0.690. The number of hydrogen-bond donors (Lipinski definition) is 0. The maximum atomic E-state index is 2.83. The maximum Gasteiger partial charge on any atom is 0.0329 e. The van der Waals surface area contributed by atoms with Crippen molar-refractivity contribution in [2.45, 2.75) is 287 Å². The van der Waals surface area contributed by atoms with Gasteiger partial charge in [-0.3, -0.25) is 0 Å². The number of fused-ring (bicyclic) bond motifs is 18. The molecule has 6 aliphatic rings. The first-order valence-corrected chi connectivity index (χ1v) is 47.4. The Morgan fingerprint density at radius 1 is 0.225 bits per heavy atom. The number of unbranched alkanes of at least 4 members (excludes halogenated alkanes) is 8. The summed E-state index contributed by atoms with van der Waals surface area (Å²) in [6, 6.07) is 72.8.